The van der Waals surface area contributed by atoms with E-state index in [4.69, 9.17) is 0 Å². The van der Waals surface area contributed by atoms with E-state index in [-0.39, 0.29) is 0 Å². The fourth-order valence-corrected chi connectivity index (χ4v) is 3.17. The first-order valence-electron chi connectivity index (χ1n) is 6.48. The van der Waals surface area contributed by atoms with Crippen molar-refractivity contribution in [3.63, 3.8) is 0 Å². The molecule has 3 heteroatoms. The molecule has 1 unspecified atom stereocenters. The minimum absolute atomic E-state index is 0.469. The summed E-state index contributed by atoms with van der Waals surface area (Å²) in [6.45, 7) is 3.39. The predicted octanol–water partition coefficient (Wildman–Crippen LogP) is 3.76. The summed E-state index contributed by atoms with van der Waals surface area (Å²) in [5, 5.41) is 3.60. The third kappa shape index (κ3) is 3.56. The Labute approximate surface area is 102 Å². The van der Waals surface area contributed by atoms with E-state index < -0.39 is 0 Å². The molecule has 1 N–H and O–H groups in total. The van der Waals surface area contributed by atoms with Gasteiger partial charge in [0, 0.05) is 17.1 Å². The monoisotopic (exact) mass is 238 g/mol. The van der Waals surface area contributed by atoms with Crippen LogP contribution in [0.25, 0.3) is 0 Å². The summed E-state index contributed by atoms with van der Waals surface area (Å²) in [5.41, 5.74) is 1.91. The highest BCUT2D eigenvalue weighted by atomic mass is 32.1. The summed E-state index contributed by atoms with van der Waals surface area (Å²) in [5.74, 6) is 0.981. The Morgan fingerprint density at radius 3 is 2.94 bits per heavy atom. The van der Waals surface area contributed by atoms with Gasteiger partial charge in [-0.05, 0) is 25.8 Å². The van der Waals surface area contributed by atoms with Crippen molar-refractivity contribution in [1.82, 2.24) is 10.3 Å². The van der Waals surface area contributed by atoms with Gasteiger partial charge < -0.3 is 5.32 Å². The molecule has 1 fully saturated rings. The largest absolute Gasteiger partial charge is 0.309 e. The van der Waals surface area contributed by atoms with Gasteiger partial charge in [0.15, 0.2) is 0 Å². The molecule has 1 aromatic rings. The van der Waals surface area contributed by atoms with Crippen molar-refractivity contribution < 1.29 is 0 Å². The zero-order valence-corrected chi connectivity index (χ0v) is 10.9. The fourth-order valence-electron chi connectivity index (χ4n) is 2.52. The molecule has 2 nitrogen and oxygen atoms in total. The first-order valence-corrected chi connectivity index (χ1v) is 7.36. The minimum atomic E-state index is 0.469. The molecule has 0 spiro atoms. The van der Waals surface area contributed by atoms with Crippen molar-refractivity contribution in [2.24, 2.45) is 5.92 Å². The van der Waals surface area contributed by atoms with Crippen LogP contribution in [0.4, 0.5) is 0 Å². The number of thiazole rings is 1. The van der Waals surface area contributed by atoms with Gasteiger partial charge in [0.05, 0.1) is 5.51 Å². The Bertz CT molecular complexity index is 278. The Balaban J connectivity index is 1.63. The van der Waals surface area contributed by atoms with Gasteiger partial charge in [0.2, 0.25) is 0 Å². The van der Waals surface area contributed by atoms with Gasteiger partial charge in [0.1, 0.15) is 0 Å². The van der Waals surface area contributed by atoms with Gasteiger partial charge in [-0.3, -0.25) is 4.98 Å². The van der Waals surface area contributed by atoms with E-state index in [1.165, 1.54) is 43.4 Å². The number of aromatic nitrogens is 1. The normalized spacial score (nSPS) is 19.8. The number of nitrogens with one attached hydrogen (secondary N) is 1. The Morgan fingerprint density at radius 2 is 2.25 bits per heavy atom. The van der Waals surface area contributed by atoms with Crippen LogP contribution in [-0.4, -0.2) is 11.5 Å². The molecule has 90 valence electrons. The van der Waals surface area contributed by atoms with E-state index in [9.17, 15) is 0 Å². The molecule has 0 aliphatic heterocycles. The molecule has 0 saturated heterocycles. The highest BCUT2D eigenvalue weighted by Gasteiger charge is 2.13. The van der Waals surface area contributed by atoms with Crippen molar-refractivity contribution in [3.05, 3.63) is 16.6 Å². The van der Waals surface area contributed by atoms with Crippen molar-refractivity contribution in [2.75, 3.05) is 6.54 Å². The van der Waals surface area contributed by atoms with Crippen LogP contribution in [0.15, 0.2) is 11.7 Å². The molecule has 1 aromatic heterocycles. The van der Waals surface area contributed by atoms with Crippen LogP contribution in [0.2, 0.25) is 0 Å². The highest BCUT2D eigenvalue weighted by Crippen LogP contribution is 2.26. The zero-order chi connectivity index (χ0) is 11.2. The van der Waals surface area contributed by atoms with Gasteiger partial charge in [-0.15, -0.1) is 11.3 Å². The van der Waals surface area contributed by atoms with Gasteiger partial charge >= 0.3 is 0 Å². The Hall–Kier alpha value is -0.410. The van der Waals surface area contributed by atoms with E-state index in [1.54, 1.807) is 11.3 Å². The Kier molecular flexibility index (Phi) is 4.79. The molecule has 1 atom stereocenters. The number of rotatable bonds is 5. The predicted molar refractivity (Wildman–Crippen MR) is 69.7 cm³/mol. The lowest BCUT2D eigenvalue weighted by molar-refractivity contribution is 0.330. The van der Waals surface area contributed by atoms with E-state index in [0.29, 0.717) is 6.04 Å². The van der Waals surface area contributed by atoms with Crippen LogP contribution in [0, 0.1) is 5.92 Å². The summed E-state index contributed by atoms with van der Waals surface area (Å²) in [6, 6.07) is 0.469. The summed E-state index contributed by atoms with van der Waals surface area (Å²) in [4.78, 5) is 5.47. The minimum Gasteiger partial charge on any atom is -0.309 e. The highest BCUT2D eigenvalue weighted by molar-refractivity contribution is 7.09. The summed E-state index contributed by atoms with van der Waals surface area (Å²) >= 11 is 1.74. The molecular formula is C13H22N2S. The van der Waals surface area contributed by atoms with E-state index >= 15 is 0 Å². The van der Waals surface area contributed by atoms with Crippen molar-refractivity contribution in [1.29, 1.82) is 0 Å². The van der Waals surface area contributed by atoms with Crippen molar-refractivity contribution in [3.8, 4) is 0 Å². The molecule has 1 aliphatic rings. The lowest BCUT2D eigenvalue weighted by Crippen LogP contribution is -2.22. The average molecular weight is 238 g/mol. The van der Waals surface area contributed by atoms with Gasteiger partial charge in [-0.25, -0.2) is 0 Å². The molecule has 0 radical (unpaired) electrons. The first-order chi connectivity index (χ1) is 7.86. The third-order valence-electron chi connectivity index (χ3n) is 3.61. The average Bonchev–Trinajstić information content (AvgIpc) is 2.84. The molecule has 1 aliphatic carbocycles. The summed E-state index contributed by atoms with van der Waals surface area (Å²) in [6.07, 6.45) is 10.6. The van der Waals surface area contributed by atoms with E-state index in [2.05, 4.69) is 17.2 Å². The SMILES string of the molecule is CC(NCCC1CCCCC1)c1cncs1. The summed E-state index contributed by atoms with van der Waals surface area (Å²) in [7, 11) is 0. The second-order valence-corrected chi connectivity index (χ2v) is 5.79. The number of nitrogens with zero attached hydrogens (tertiary/aromatic N) is 1. The molecule has 16 heavy (non-hydrogen) atoms. The van der Waals surface area contributed by atoms with Gasteiger partial charge in [-0.2, -0.15) is 0 Å². The Morgan fingerprint density at radius 1 is 1.44 bits per heavy atom. The molecular weight excluding hydrogens is 216 g/mol. The molecule has 0 bridgehead atoms. The van der Waals surface area contributed by atoms with E-state index in [1.807, 2.05) is 11.7 Å². The third-order valence-corrected chi connectivity index (χ3v) is 4.56. The molecule has 1 saturated carbocycles. The maximum atomic E-state index is 4.12. The summed E-state index contributed by atoms with van der Waals surface area (Å²) < 4.78 is 0. The van der Waals surface area contributed by atoms with Crippen LogP contribution in [0.3, 0.4) is 0 Å². The quantitative estimate of drug-likeness (QED) is 0.844. The van der Waals surface area contributed by atoms with Crippen LogP contribution in [0.1, 0.15) is 56.4 Å². The second-order valence-electron chi connectivity index (χ2n) is 4.87. The van der Waals surface area contributed by atoms with Gasteiger partial charge in [-0.1, -0.05) is 32.1 Å². The molecule has 1 heterocycles. The van der Waals surface area contributed by atoms with Crippen LogP contribution >= 0.6 is 11.3 Å². The van der Waals surface area contributed by atoms with Crippen LogP contribution in [-0.2, 0) is 0 Å². The standard InChI is InChI=1S/C13H22N2S/c1-11(13-9-14-10-16-13)15-8-7-12-5-3-2-4-6-12/h9-12,15H,2-8H2,1H3. The van der Waals surface area contributed by atoms with E-state index in [0.717, 1.165) is 12.5 Å². The first kappa shape index (κ1) is 12.1. The molecule has 0 aromatic carbocycles. The number of hydrogen-bond acceptors (Lipinski definition) is 3. The van der Waals surface area contributed by atoms with Gasteiger partial charge in [0.25, 0.3) is 0 Å². The maximum absolute atomic E-state index is 4.12. The van der Waals surface area contributed by atoms with Crippen LogP contribution < -0.4 is 5.32 Å². The van der Waals surface area contributed by atoms with Crippen molar-refractivity contribution in [2.45, 2.75) is 51.5 Å². The molecule has 0 amide bonds. The topological polar surface area (TPSA) is 24.9 Å². The number of hydrogen-bond donors (Lipinski definition) is 1. The smallest absolute Gasteiger partial charge is 0.0794 e. The lowest BCUT2D eigenvalue weighted by atomic mass is 9.87. The van der Waals surface area contributed by atoms with Crippen molar-refractivity contribution >= 4 is 11.3 Å². The zero-order valence-electron chi connectivity index (χ0n) is 10.1. The molecule has 2 rings (SSSR count). The lowest BCUT2D eigenvalue weighted by Gasteiger charge is -2.22. The van der Waals surface area contributed by atoms with Crippen LogP contribution in [0.5, 0.6) is 0 Å². The maximum Gasteiger partial charge on any atom is 0.0794 e. The second kappa shape index (κ2) is 6.36. The fraction of sp³-hybridized carbons (Fsp3) is 0.769.